The fraction of sp³-hybridized carbons (Fsp3) is 0.424. The van der Waals surface area contributed by atoms with E-state index in [1.54, 1.807) is 30.3 Å². The molecule has 0 aromatic heterocycles. The summed E-state index contributed by atoms with van der Waals surface area (Å²) < 4.78 is 22.1. The standard InChI is InChI=1S/C33H42O8S2/c1-3-4-5-6-7-8-9-10-11-12-14-28-19-23-32(24-20-28)43(35)41-38-36-26-29-15-13-16-30(25-29)33(34)37-39-40-42-31-21-17-27(2)18-22-31/h13,15-25H,3-12,14,26H2,1-2H3. The highest BCUT2D eigenvalue weighted by Crippen LogP contribution is 2.20. The van der Waals surface area contributed by atoms with Crippen molar-refractivity contribution >= 4 is 29.1 Å². The lowest BCUT2D eigenvalue weighted by Gasteiger charge is -2.06. The van der Waals surface area contributed by atoms with Crippen molar-refractivity contribution in [1.82, 2.24) is 0 Å². The number of unbranched alkanes of at least 4 members (excludes halogenated alkanes) is 9. The van der Waals surface area contributed by atoms with Crippen molar-refractivity contribution in [3.05, 3.63) is 95.1 Å². The van der Waals surface area contributed by atoms with Crippen molar-refractivity contribution in [3.63, 3.8) is 0 Å². The van der Waals surface area contributed by atoms with Gasteiger partial charge >= 0.3 is 5.97 Å². The van der Waals surface area contributed by atoms with E-state index >= 15 is 0 Å². The molecule has 43 heavy (non-hydrogen) atoms. The van der Waals surface area contributed by atoms with Gasteiger partial charge in [-0.2, -0.15) is 0 Å². The molecule has 3 aromatic rings. The maximum Gasteiger partial charge on any atom is 0.376 e. The molecule has 8 nitrogen and oxygen atoms in total. The van der Waals surface area contributed by atoms with Gasteiger partial charge in [-0.1, -0.05) is 116 Å². The normalized spacial score (nSPS) is 11.9. The number of aryl methyl sites for hydroxylation is 2. The number of hydrogen-bond acceptors (Lipinski definition) is 9. The quantitative estimate of drug-likeness (QED) is 0.0466. The van der Waals surface area contributed by atoms with Crippen molar-refractivity contribution in [1.29, 1.82) is 0 Å². The van der Waals surface area contributed by atoms with Crippen LogP contribution in [-0.2, 0) is 52.6 Å². The summed E-state index contributed by atoms with van der Waals surface area (Å²) in [5.74, 6) is -0.749. The van der Waals surface area contributed by atoms with Gasteiger partial charge in [-0.25, -0.2) is 13.9 Å². The Balaban J connectivity index is 1.26. The second kappa shape index (κ2) is 21.2. The maximum atomic E-state index is 12.4. The Labute approximate surface area is 261 Å². The average molecular weight is 631 g/mol. The van der Waals surface area contributed by atoms with Crippen LogP contribution in [0.25, 0.3) is 0 Å². The Morgan fingerprint density at radius 1 is 0.767 bits per heavy atom. The van der Waals surface area contributed by atoms with Gasteiger partial charge in [0.25, 0.3) is 0 Å². The molecule has 10 heteroatoms. The average Bonchev–Trinajstić information content (AvgIpc) is 3.03. The molecule has 0 aliphatic carbocycles. The molecular formula is C33H42O8S2. The SMILES string of the molecule is CCCCCCCCCCCCc1ccc(S(=O)OOOCc2cccc(C(=O)OOOSc3ccc(C)cc3)c2)cc1. The van der Waals surface area contributed by atoms with Gasteiger partial charge in [0.15, 0.2) is 0 Å². The molecule has 0 amide bonds. The molecule has 0 aliphatic rings. The van der Waals surface area contributed by atoms with E-state index in [-0.39, 0.29) is 12.2 Å². The first kappa shape index (κ1) is 34.9. The van der Waals surface area contributed by atoms with Gasteiger partial charge < -0.3 is 0 Å². The minimum Gasteiger partial charge on any atom is -0.262 e. The van der Waals surface area contributed by atoms with E-state index in [4.69, 9.17) is 13.6 Å². The zero-order valence-electron chi connectivity index (χ0n) is 25.0. The molecule has 3 aromatic carbocycles. The minimum absolute atomic E-state index is 0.0588. The maximum absolute atomic E-state index is 12.4. The molecule has 0 fully saturated rings. The summed E-state index contributed by atoms with van der Waals surface area (Å²) >= 11 is -0.932. The van der Waals surface area contributed by atoms with E-state index in [0.717, 1.165) is 35.3 Å². The van der Waals surface area contributed by atoms with E-state index in [2.05, 4.69) is 21.9 Å². The van der Waals surface area contributed by atoms with Crippen molar-refractivity contribution in [2.75, 3.05) is 0 Å². The van der Waals surface area contributed by atoms with Crippen LogP contribution in [0.15, 0.2) is 82.6 Å². The molecule has 0 bridgehead atoms. The van der Waals surface area contributed by atoms with Gasteiger partial charge in [-0.05, 0) is 67.3 Å². The van der Waals surface area contributed by atoms with E-state index in [9.17, 15) is 9.00 Å². The van der Waals surface area contributed by atoms with Crippen LogP contribution in [0.5, 0.6) is 0 Å². The van der Waals surface area contributed by atoms with Crippen LogP contribution in [0.4, 0.5) is 0 Å². The van der Waals surface area contributed by atoms with Crippen LogP contribution in [0.1, 0.15) is 98.2 Å². The molecule has 3 rings (SSSR count). The number of carbonyl (C=O) groups is 1. The topological polar surface area (TPSA) is 89.5 Å². The summed E-state index contributed by atoms with van der Waals surface area (Å²) in [6, 6.07) is 21.5. The van der Waals surface area contributed by atoms with Crippen molar-refractivity contribution < 1.29 is 37.5 Å². The van der Waals surface area contributed by atoms with Gasteiger partial charge in [0.05, 0.1) is 22.5 Å². The summed E-state index contributed by atoms with van der Waals surface area (Å²) in [6.45, 7) is 4.17. The van der Waals surface area contributed by atoms with Crippen LogP contribution in [0.3, 0.4) is 0 Å². The largest absolute Gasteiger partial charge is 0.376 e. The Hall–Kier alpha value is -2.57. The summed E-state index contributed by atoms with van der Waals surface area (Å²) in [7, 11) is 0. The van der Waals surface area contributed by atoms with Gasteiger partial charge in [0, 0.05) is 9.93 Å². The fourth-order valence-electron chi connectivity index (χ4n) is 4.29. The van der Waals surface area contributed by atoms with E-state index in [1.165, 1.54) is 69.4 Å². The van der Waals surface area contributed by atoms with Gasteiger partial charge in [0.1, 0.15) is 6.61 Å². The Kier molecular flexibility index (Phi) is 17.2. The lowest BCUT2D eigenvalue weighted by molar-refractivity contribution is -0.469. The molecule has 0 aliphatic heterocycles. The molecular weight excluding hydrogens is 588 g/mol. The second-order valence-corrected chi connectivity index (χ2v) is 12.2. The third-order valence-corrected chi connectivity index (χ3v) is 8.17. The van der Waals surface area contributed by atoms with Crippen LogP contribution < -0.4 is 0 Å². The monoisotopic (exact) mass is 630 g/mol. The molecule has 0 heterocycles. The number of hydrogen-bond donors (Lipinski definition) is 0. The van der Waals surface area contributed by atoms with Crippen LogP contribution >= 0.6 is 12.0 Å². The second-order valence-electron chi connectivity index (χ2n) is 10.3. The molecule has 1 atom stereocenters. The fourth-order valence-corrected chi connectivity index (χ4v) is 5.20. The van der Waals surface area contributed by atoms with E-state index < -0.39 is 17.0 Å². The van der Waals surface area contributed by atoms with E-state index in [0.29, 0.717) is 10.5 Å². The summed E-state index contributed by atoms with van der Waals surface area (Å²) in [4.78, 5) is 23.2. The smallest absolute Gasteiger partial charge is 0.262 e. The number of benzene rings is 3. The van der Waals surface area contributed by atoms with Crippen molar-refractivity contribution in [2.24, 2.45) is 0 Å². The molecule has 0 radical (unpaired) electrons. The summed E-state index contributed by atoms with van der Waals surface area (Å²) in [6.07, 6.45) is 14.1. The molecule has 0 N–H and O–H groups in total. The summed E-state index contributed by atoms with van der Waals surface area (Å²) in [5.41, 5.74) is 3.13. The highest BCUT2D eigenvalue weighted by atomic mass is 32.2. The highest BCUT2D eigenvalue weighted by molar-refractivity contribution is 7.94. The Morgan fingerprint density at radius 3 is 2.14 bits per heavy atom. The minimum atomic E-state index is -1.85. The Bertz CT molecular complexity index is 1220. The molecule has 0 spiro atoms. The first-order valence-electron chi connectivity index (χ1n) is 14.9. The Morgan fingerprint density at radius 2 is 1.44 bits per heavy atom. The number of carbonyl (C=O) groups excluding carboxylic acids is 1. The molecule has 234 valence electrons. The predicted octanol–water partition coefficient (Wildman–Crippen LogP) is 9.29. The zero-order valence-corrected chi connectivity index (χ0v) is 26.6. The van der Waals surface area contributed by atoms with Gasteiger partial charge in [-0.15, -0.1) is 4.33 Å². The predicted molar refractivity (Wildman–Crippen MR) is 166 cm³/mol. The van der Waals surface area contributed by atoms with Crippen molar-refractivity contribution in [2.45, 2.75) is 101 Å². The van der Waals surface area contributed by atoms with Crippen LogP contribution in [-0.4, -0.2) is 10.2 Å². The molecule has 1 unspecified atom stereocenters. The molecule has 0 saturated heterocycles. The van der Waals surface area contributed by atoms with Crippen LogP contribution in [0, 0.1) is 6.92 Å². The van der Waals surface area contributed by atoms with Crippen molar-refractivity contribution in [3.8, 4) is 0 Å². The lowest BCUT2D eigenvalue weighted by Crippen LogP contribution is -2.06. The van der Waals surface area contributed by atoms with Crippen LogP contribution in [0.2, 0.25) is 0 Å². The summed E-state index contributed by atoms with van der Waals surface area (Å²) in [5, 5.41) is 9.24. The van der Waals surface area contributed by atoms with Gasteiger partial charge in [-0.3, -0.25) is 4.89 Å². The highest BCUT2D eigenvalue weighted by Gasteiger charge is 2.11. The van der Waals surface area contributed by atoms with E-state index in [1.807, 2.05) is 43.3 Å². The first-order valence-corrected chi connectivity index (χ1v) is 16.7. The van der Waals surface area contributed by atoms with Gasteiger partial charge in [0.2, 0.25) is 11.1 Å². The first-order chi connectivity index (χ1) is 21.0. The third kappa shape index (κ3) is 14.6. The molecule has 0 saturated carbocycles. The zero-order chi connectivity index (χ0) is 30.5. The third-order valence-electron chi connectivity index (χ3n) is 6.75. The number of rotatable bonds is 22. The lowest BCUT2D eigenvalue weighted by atomic mass is 10.0.